The quantitative estimate of drug-likeness (QED) is 0.537. The van der Waals surface area contributed by atoms with Crippen LogP contribution in [0.25, 0.3) is 22.6 Å². The smallest absolute Gasteiger partial charge is 0.173 e. The number of imidazole rings is 1. The summed E-state index contributed by atoms with van der Waals surface area (Å²) in [4.78, 5) is 12.0. The van der Waals surface area contributed by atoms with Gasteiger partial charge in [0.2, 0.25) is 0 Å². The van der Waals surface area contributed by atoms with Gasteiger partial charge in [-0.3, -0.25) is 5.41 Å². The summed E-state index contributed by atoms with van der Waals surface area (Å²) in [6.07, 6.45) is 1.57. The van der Waals surface area contributed by atoms with Gasteiger partial charge in [-0.25, -0.2) is 9.97 Å². The number of rotatable bonds is 4. The Morgan fingerprint density at radius 2 is 1.81 bits per heavy atom. The highest BCUT2D eigenvalue weighted by Crippen LogP contribution is 2.26. The van der Waals surface area contributed by atoms with Crippen LogP contribution in [0.15, 0.2) is 48.8 Å². The number of aromatic nitrogens is 4. The van der Waals surface area contributed by atoms with Gasteiger partial charge in [0.05, 0.1) is 20.0 Å². The number of hydrogen-bond acceptors (Lipinski definition) is 4. The van der Waals surface area contributed by atoms with Crippen LogP contribution in [0.3, 0.4) is 0 Å². The molecule has 0 saturated carbocycles. The van der Waals surface area contributed by atoms with Gasteiger partial charge in [0.15, 0.2) is 11.1 Å². The zero-order valence-electron chi connectivity index (χ0n) is 14.3. The molecule has 2 aromatic carbocycles. The molecule has 2 N–H and O–H groups in total. The molecule has 2 aromatic heterocycles. The molecule has 4 aromatic rings. The normalized spacial score (nSPS) is 11.1. The molecule has 4 rings (SSSR count). The minimum atomic E-state index is 0.124. The summed E-state index contributed by atoms with van der Waals surface area (Å²) in [6, 6.07) is 12.9. The third-order valence-electron chi connectivity index (χ3n) is 4.27. The second-order valence-electron chi connectivity index (χ2n) is 5.93. The molecule has 27 heavy (non-hydrogen) atoms. The summed E-state index contributed by atoms with van der Waals surface area (Å²) in [5, 5.41) is 9.24. The summed E-state index contributed by atoms with van der Waals surface area (Å²) in [5.74, 6) is 1.41. The van der Waals surface area contributed by atoms with Crippen molar-refractivity contribution in [3.63, 3.8) is 0 Å². The van der Waals surface area contributed by atoms with Crippen molar-refractivity contribution in [2.45, 2.75) is 6.54 Å². The van der Waals surface area contributed by atoms with Crippen molar-refractivity contribution in [3.8, 4) is 17.1 Å². The number of fused-ring (bicyclic) bond motifs is 1. The zero-order chi connectivity index (χ0) is 19.0. The average Bonchev–Trinajstić information content (AvgIpc) is 3.13. The highest BCUT2D eigenvalue weighted by Gasteiger charge is 2.13. The van der Waals surface area contributed by atoms with Crippen molar-refractivity contribution >= 4 is 34.4 Å². The van der Waals surface area contributed by atoms with E-state index in [4.69, 9.17) is 33.3 Å². The first-order valence-electron chi connectivity index (χ1n) is 8.14. The topological polar surface area (TPSA) is 79.6 Å². The van der Waals surface area contributed by atoms with Crippen LogP contribution in [0, 0.1) is 5.41 Å². The van der Waals surface area contributed by atoms with E-state index in [2.05, 4.69) is 15.0 Å². The molecule has 6 nitrogen and oxygen atoms in total. The summed E-state index contributed by atoms with van der Waals surface area (Å²) < 4.78 is 7.01. The van der Waals surface area contributed by atoms with Crippen LogP contribution >= 0.6 is 23.2 Å². The maximum absolute atomic E-state index is 8.10. The van der Waals surface area contributed by atoms with Crippen molar-refractivity contribution in [1.29, 1.82) is 5.41 Å². The lowest BCUT2D eigenvalue weighted by Crippen LogP contribution is -2.13. The number of aromatic amines is 1. The first kappa shape index (κ1) is 17.6. The second kappa shape index (κ2) is 7.06. The SMILES string of the molecule is COc1ccc(-c2nc3c([nH]2)c(=N)ncn3Cc2c(Cl)cccc2Cl)cc1. The lowest BCUT2D eigenvalue weighted by Gasteiger charge is -2.10. The van der Waals surface area contributed by atoms with Gasteiger partial charge in [0, 0.05) is 21.2 Å². The number of methoxy groups -OCH3 is 1. The van der Waals surface area contributed by atoms with E-state index < -0.39 is 0 Å². The van der Waals surface area contributed by atoms with Crippen LogP contribution in [0.2, 0.25) is 10.0 Å². The van der Waals surface area contributed by atoms with E-state index in [1.807, 2.05) is 28.8 Å². The fraction of sp³-hybridized carbons (Fsp3) is 0.105. The molecular formula is C19H15Cl2N5O. The maximum Gasteiger partial charge on any atom is 0.173 e. The van der Waals surface area contributed by atoms with Gasteiger partial charge in [-0.15, -0.1) is 0 Å². The van der Waals surface area contributed by atoms with Gasteiger partial charge in [-0.1, -0.05) is 29.3 Å². The number of halogens is 2. The Labute approximate surface area is 164 Å². The Hall–Kier alpha value is -2.83. The number of ether oxygens (including phenoxy) is 1. The number of nitrogens with one attached hydrogen (secondary N) is 2. The number of hydrogen-bond donors (Lipinski definition) is 2. The van der Waals surface area contributed by atoms with E-state index in [-0.39, 0.29) is 5.49 Å². The van der Waals surface area contributed by atoms with Crippen LogP contribution in [0.5, 0.6) is 5.75 Å². The Bertz CT molecular complexity index is 1160. The molecule has 136 valence electrons. The van der Waals surface area contributed by atoms with Crippen molar-refractivity contribution in [1.82, 2.24) is 19.5 Å². The Morgan fingerprint density at radius 1 is 1.11 bits per heavy atom. The Morgan fingerprint density at radius 3 is 2.48 bits per heavy atom. The molecule has 0 spiro atoms. The predicted molar refractivity (Wildman–Crippen MR) is 105 cm³/mol. The second-order valence-corrected chi connectivity index (χ2v) is 6.75. The van der Waals surface area contributed by atoms with Crippen LogP contribution < -0.4 is 10.2 Å². The van der Waals surface area contributed by atoms with Crippen molar-refractivity contribution in [2.24, 2.45) is 0 Å². The molecular weight excluding hydrogens is 385 g/mol. The molecule has 2 heterocycles. The molecule has 8 heteroatoms. The predicted octanol–water partition coefficient (Wildman–Crippen LogP) is 4.27. The molecule has 0 fully saturated rings. The van der Waals surface area contributed by atoms with Gasteiger partial charge in [0.25, 0.3) is 0 Å². The first-order valence-corrected chi connectivity index (χ1v) is 8.89. The van der Waals surface area contributed by atoms with E-state index in [0.29, 0.717) is 33.6 Å². The van der Waals surface area contributed by atoms with Crippen LogP contribution in [-0.2, 0) is 6.54 Å². The van der Waals surface area contributed by atoms with Crippen LogP contribution in [0.1, 0.15) is 5.56 Å². The van der Waals surface area contributed by atoms with Crippen molar-refractivity contribution < 1.29 is 4.74 Å². The Kier molecular flexibility index (Phi) is 4.59. The number of benzene rings is 2. The molecule has 0 unspecified atom stereocenters. The van der Waals surface area contributed by atoms with E-state index in [0.717, 1.165) is 16.9 Å². The molecule has 0 aliphatic carbocycles. The van der Waals surface area contributed by atoms with Crippen LogP contribution in [0.4, 0.5) is 0 Å². The van der Waals surface area contributed by atoms with Gasteiger partial charge < -0.3 is 14.3 Å². The fourth-order valence-corrected chi connectivity index (χ4v) is 3.36. The summed E-state index contributed by atoms with van der Waals surface area (Å²) in [7, 11) is 1.62. The molecule has 0 atom stereocenters. The standard InChI is InChI=1S/C19H15Cl2N5O/c1-27-12-7-5-11(6-8-12)18-24-16-17(22)23-10-26(19(16)25-18)9-13-14(20)3-2-4-15(13)21/h2-8,10,22H,9H2,1H3,(H,24,25). The molecule has 0 saturated heterocycles. The van der Waals surface area contributed by atoms with Gasteiger partial charge in [-0.05, 0) is 36.4 Å². The number of nitrogens with zero attached hydrogens (tertiary/aromatic N) is 3. The fourth-order valence-electron chi connectivity index (χ4n) is 2.84. The summed E-state index contributed by atoms with van der Waals surface area (Å²) in [6.45, 7) is 0.398. The minimum Gasteiger partial charge on any atom is -0.497 e. The molecule has 0 bridgehead atoms. The highest BCUT2D eigenvalue weighted by molar-refractivity contribution is 6.36. The third-order valence-corrected chi connectivity index (χ3v) is 4.98. The largest absolute Gasteiger partial charge is 0.497 e. The van der Waals surface area contributed by atoms with Gasteiger partial charge in [-0.2, -0.15) is 0 Å². The zero-order valence-corrected chi connectivity index (χ0v) is 15.8. The van der Waals surface area contributed by atoms with E-state index in [1.165, 1.54) is 0 Å². The van der Waals surface area contributed by atoms with Crippen LogP contribution in [-0.4, -0.2) is 26.6 Å². The Balaban J connectivity index is 1.82. The summed E-state index contributed by atoms with van der Waals surface area (Å²) in [5.41, 5.74) is 2.94. The molecule has 0 amide bonds. The van der Waals surface area contributed by atoms with Crippen molar-refractivity contribution in [3.05, 3.63) is 69.9 Å². The lowest BCUT2D eigenvalue weighted by atomic mass is 10.2. The molecule has 0 radical (unpaired) electrons. The summed E-state index contributed by atoms with van der Waals surface area (Å²) >= 11 is 12.6. The third kappa shape index (κ3) is 3.29. The average molecular weight is 400 g/mol. The van der Waals surface area contributed by atoms with E-state index in [1.54, 1.807) is 31.6 Å². The molecule has 0 aliphatic heterocycles. The monoisotopic (exact) mass is 399 g/mol. The van der Waals surface area contributed by atoms with E-state index in [9.17, 15) is 0 Å². The van der Waals surface area contributed by atoms with Gasteiger partial charge in [0.1, 0.15) is 17.1 Å². The minimum absolute atomic E-state index is 0.124. The number of H-pyrrole nitrogens is 1. The highest BCUT2D eigenvalue weighted by atomic mass is 35.5. The maximum atomic E-state index is 8.10. The van der Waals surface area contributed by atoms with E-state index >= 15 is 0 Å². The first-order chi connectivity index (χ1) is 13.1. The van der Waals surface area contributed by atoms with Crippen molar-refractivity contribution in [2.75, 3.05) is 7.11 Å². The lowest BCUT2D eigenvalue weighted by molar-refractivity contribution is 0.415. The van der Waals surface area contributed by atoms with Gasteiger partial charge >= 0.3 is 0 Å². The molecule has 0 aliphatic rings.